The lowest BCUT2D eigenvalue weighted by Gasteiger charge is -2.13. The second-order valence-corrected chi connectivity index (χ2v) is 3.95. The number of nitrogens with two attached hydrogens (primary N) is 1. The number of methoxy groups -OCH3 is 1. The van der Waals surface area contributed by atoms with Gasteiger partial charge < -0.3 is 15.2 Å². The van der Waals surface area contributed by atoms with E-state index in [1.165, 1.54) is 5.56 Å². The first-order valence-electron chi connectivity index (χ1n) is 5.70. The number of anilines is 1. The molecule has 0 spiro atoms. The van der Waals surface area contributed by atoms with Gasteiger partial charge in [0.1, 0.15) is 12.4 Å². The van der Waals surface area contributed by atoms with Gasteiger partial charge in [-0.25, -0.2) is 0 Å². The van der Waals surface area contributed by atoms with Crippen molar-refractivity contribution < 1.29 is 9.47 Å². The number of benzene rings is 1. The third kappa shape index (κ3) is 3.42. The molecule has 1 aromatic carbocycles. The molecule has 0 aromatic heterocycles. The molecule has 0 aliphatic heterocycles. The van der Waals surface area contributed by atoms with Gasteiger partial charge in [-0.2, -0.15) is 0 Å². The standard InChI is InChI=1S/C13H21NO2/c1-4-10(2)11-5-6-13(12(14)9-11)16-8-7-15-3/h5-6,9-10H,4,7-8,14H2,1-3H3. The van der Waals surface area contributed by atoms with Gasteiger partial charge in [0, 0.05) is 7.11 Å². The third-order valence-electron chi connectivity index (χ3n) is 2.76. The Morgan fingerprint density at radius 2 is 2.06 bits per heavy atom. The lowest BCUT2D eigenvalue weighted by Crippen LogP contribution is -2.06. The fraction of sp³-hybridized carbons (Fsp3) is 0.538. The molecular weight excluding hydrogens is 202 g/mol. The SMILES string of the molecule is CCC(C)c1ccc(OCCOC)c(N)c1. The molecule has 0 heterocycles. The molecule has 90 valence electrons. The van der Waals surface area contributed by atoms with Gasteiger partial charge in [0.2, 0.25) is 0 Å². The van der Waals surface area contributed by atoms with E-state index in [0.29, 0.717) is 24.8 Å². The zero-order chi connectivity index (χ0) is 12.0. The maximum absolute atomic E-state index is 5.93. The second-order valence-electron chi connectivity index (χ2n) is 3.95. The van der Waals surface area contributed by atoms with E-state index in [1.807, 2.05) is 12.1 Å². The number of hydrogen-bond donors (Lipinski definition) is 1. The smallest absolute Gasteiger partial charge is 0.142 e. The summed E-state index contributed by atoms with van der Waals surface area (Å²) in [4.78, 5) is 0. The summed E-state index contributed by atoms with van der Waals surface area (Å²) in [5, 5.41) is 0. The van der Waals surface area contributed by atoms with Crippen LogP contribution in [-0.4, -0.2) is 20.3 Å². The van der Waals surface area contributed by atoms with Gasteiger partial charge in [0.25, 0.3) is 0 Å². The first-order chi connectivity index (χ1) is 7.69. The molecule has 0 bridgehead atoms. The lowest BCUT2D eigenvalue weighted by atomic mass is 9.98. The Morgan fingerprint density at radius 1 is 1.31 bits per heavy atom. The summed E-state index contributed by atoms with van der Waals surface area (Å²) in [6.45, 7) is 5.47. The van der Waals surface area contributed by atoms with Crippen molar-refractivity contribution >= 4 is 5.69 Å². The van der Waals surface area contributed by atoms with Gasteiger partial charge in [-0.15, -0.1) is 0 Å². The molecule has 1 aromatic rings. The second kappa shape index (κ2) is 6.38. The van der Waals surface area contributed by atoms with E-state index in [0.717, 1.165) is 12.2 Å². The summed E-state index contributed by atoms with van der Waals surface area (Å²) in [5.41, 5.74) is 7.90. The van der Waals surface area contributed by atoms with Crippen molar-refractivity contribution in [3.8, 4) is 5.75 Å². The van der Waals surface area contributed by atoms with Crippen LogP contribution in [0.3, 0.4) is 0 Å². The normalized spacial score (nSPS) is 12.4. The van der Waals surface area contributed by atoms with Crippen LogP contribution in [-0.2, 0) is 4.74 Å². The first kappa shape index (κ1) is 12.8. The van der Waals surface area contributed by atoms with E-state index in [2.05, 4.69) is 19.9 Å². The van der Waals surface area contributed by atoms with Crippen molar-refractivity contribution in [3.63, 3.8) is 0 Å². The van der Waals surface area contributed by atoms with Crippen LogP contribution < -0.4 is 10.5 Å². The minimum Gasteiger partial charge on any atom is -0.489 e. The molecule has 0 saturated carbocycles. The number of rotatable bonds is 6. The lowest BCUT2D eigenvalue weighted by molar-refractivity contribution is 0.146. The monoisotopic (exact) mass is 223 g/mol. The minimum absolute atomic E-state index is 0.531. The molecule has 0 aliphatic carbocycles. The van der Waals surface area contributed by atoms with Crippen molar-refractivity contribution in [2.24, 2.45) is 0 Å². The molecule has 3 heteroatoms. The van der Waals surface area contributed by atoms with Crippen molar-refractivity contribution in [2.75, 3.05) is 26.1 Å². The molecule has 1 rings (SSSR count). The molecule has 0 radical (unpaired) electrons. The van der Waals surface area contributed by atoms with E-state index in [1.54, 1.807) is 7.11 Å². The average Bonchev–Trinajstić information content (AvgIpc) is 2.30. The molecule has 0 saturated heterocycles. The molecular formula is C13H21NO2. The Labute approximate surface area is 97.6 Å². The Morgan fingerprint density at radius 3 is 2.62 bits per heavy atom. The maximum Gasteiger partial charge on any atom is 0.142 e. The molecule has 16 heavy (non-hydrogen) atoms. The molecule has 0 fully saturated rings. The van der Waals surface area contributed by atoms with Gasteiger partial charge >= 0.3 is 0 Å². The van der Waals surface area contributed by atoms with E-state index in [-0.39, 0.29) is 0 Å². The van der Waals surface area contributed by atoms with Crippen LogP contribution in [0, 0.1) is 0 Å². The predicted molar refractivity (Wildman–Crippen MR) is 66.9 cm³/mol. The molecule has 3 nitrogen and oxygen atoms in total. The largest absolute Gasteiger partial charge is 0.489 e. The molecule has 0 amide bonds. The Balaban J connectivity index is 2.67. The zero-order valence-corrected chi connectivity index (χ0v) is 10.3. The highest BCUT2D eigenvalue weighted by Crippen LogP contribution is 2.27. The Kier molecular flexibility index (Phi) is 5.12. The fourth-order valence-electron chi connectivity index (χ4n) is 1.48. The molecule has 2 N–H and O–H groups in total. The van der Waals surface area contributed by atoms with Gasteiger partial charge in [-0.1, -0.05) is 19.9 Å². The van der Waals surface area contributed by atoms with Crippen molar-refractivity contribution in [3.05, 3.63) is 23.8 Å². The van der Waals surface area contributed by atoms with E-state index in [9.17, 15) is 0 Å². The van der Waals surface area contributed by atoms with E-state index in [4.69, 9.17) is 15.2 Å². The van der Waals surface area contributed by atoms with Gasteiger partial charge in [-0.3, -0.25) is 0 Å². The number of nitrogen functional groups attached to an aromatic ring is 1. The van der Waals surface area contributed by atoms with Crippen LogP contribution in [0.15, 0.2) is 18.2 Å². The molecule has 1 atom stereocenters. The van der Waals surface area contributed by atoms with E-state index >= 15 is 0 Å². The summed E-state index contributed by atoms with van der Waals surface area (Å²) < 4.78 is 10.4. The highest BCUT2D eigenvalue weighted by Gasteiger charge is 2.06. The fourth-order valence-corrected chi connectivity index (χ4v) is 1.48. The van der Waals surface area contributed by atoms with E-state index < -0.39 is 0 Å². The van der Waals surface area contributed by atoms with Crippen molar-refractivity contribution in [1.29, 1.82) is 0 Å². The zero-order valence-electron chi connectivity index (χ0n) is 10.3. The van der Waals surface area contributed by atoms with Gasteiger partial charge in [0.15, 0.2) is 0 Å². The maximum atomic E-state index is 5.93. The van der Waals surface area contributed by atoms with Crippen LogP contribution in [0.1, 0.15) is 31.7 Å². The third-order valence-corrected chi connectivity index (χ3v) is 2.76. The van der Waals surface area contributed by atoms with Crippen molar-refractivity contribution in [1.82, 2.24) is 0 Å². The van der Waals surface area contributed by atoms with Crippen LogP contribution >= 0.6 is 0 Å². The summed E-state index contributed by atoms with van der Waals surface area (Å²) in [6.07, 6.45) is 1.11. The molecule has 0 aliphatic rings. The summed E-state index contributed by atoms with van der Waals surface area (Å²) >= 11 is 0. The summed E-state index contributed by atoms with van der Waals surface area (Å²) in [7, 11) is 1.65. The van der Waals surface area contributed by atoms with Crippen molar-refractivity contribution in [2.45, 2.75) is 26.2 Å². The van der Waals surface area contributed by atoms with Gasteiger partial charge in [-0.05, 0) is 30.0 Å². The quantitative estimate of drug-likeness (QED) is 0.595. The summed E-state index contributed by atoms with van der Waals surface area (Å²) in [5.74, 6) is 1.28. The van der Waals surface area contributed by atoms with Crippen LogP contribution in [0.4, 0.5) is 5.69 Å². The summed E-state index contributed by atoms with van der Waals surface area (Å²) in [6, 6.07) is 6.01. The first-order valence-corrected chi connectivity index (χ1v) is 5.70. The highest BCUT2D eigenvalue weighted by molar-refractivity contribution is 5.54. The number of ether oxygens (including phenoxy) is 2. The van der Waals surface area contributed by atoms with Crippen LogP contribution in [0.5, 0.6) is 5.75 Å². The number of hydrogen-bond acceptors (Lipinski definition) is 3. The Bertz CT molecular complexity index is 326. The minimum atomic E-state index is 0.531. The molecule has 1 unspecified atom stereocenters. The topological polar surface area (TPSA) is 44.5 Å². The van der Waals surface area contributed by atoms with Crippen LogP contribution in [0.25, 0.3) is 0 Å². The Hall–Kier alpha value is -1.22. The van der Waals surface area contributed by atoms with Gasteiger partial charge in [0.05, 0.1) is 12.3 Å². The highest BCUT2D eigenvalue weighted by atomic mass is 16.5. The average molecular weight is 223 g/mol. The predicted octanol–water partition coefficient (Wildman–Crippen LogP) is 2.81. The van der Waals surface area contributed by atoms with Crippen LogP contribution in [0.2, 0.25) is 0 Å².